The van der Waals surface area contributed by atoms with E-state index in [0.29, 0.717) is 0 Å². The van der Waals surface area contributed by atoms with E-state index in [1.807, 2.05) is 36.0 Å². The van der Waals surface area contributed by atoms with Crippen molar-refractivity contribution in [1.82, 2.24) is 4.57 Å². The highest BCUT2D eigenvalue weighted by Crippen LogP contribution is 2.33. The van der Waals surface area contributed by atoms with Crippen LogP contribution in [0.15, 0.2) is 28.9 Å². The third-order valence-corrected chi connectivity index (χ3v) is 3.08. The third kappa shape index (κ3) is 1.36. The molecule has 0 bridgehead atoms. The fourth-order valence-electron chi connectivity index (χ4n) is 1.74. The van der Waals surface area contributed by atoms with Crippen LogP contribution in [-0.2, 0) is 7.05 Å². The first kappa shape index (κ1) is 9.71. The van der Waals surface area contributed by atoms with Gasteiger partial charge in [-0.15, -0.1) is 0 Å². The highest BCUT2D eigenvalue weighted by Gasteiger charge is 2.13. The van der Waals surface area contributed by atoms with Crippen LogP contribution in [0.2, 0.25) is 0 Å². The zero-order valence-electron chi connectivity index (χ0n) is 8.09. The van der Waals surface area contributed by atoms with Crippen LogP contribution < -0.4 is 0 Å². The first-order chi connectivity index (χ1) is 6.61. The average Bonchev–Trinajstić information content (AvgIpc) is 2.46. The van der Waals surface area contributed by atoms with Gasteiger partial charge in [0, 0.05) is 34.2 Å². The fourth-order valence-corrected chi connectivity index (χ4v) is 2.32. The summed E-state index contributed by atoms with van der Waals surface area (Å²) in [6.07, 6.45) is 0.914. The number of nitrogens with zero attached hydrogens (tertiary/aromatic N) is 1. The van der Waals surface area contributed by atoms with Crippen molar-refractivity contribution in [3.63, 3.8) is 0 Å². The van der Waals surface area contributed by atoms with Gasteiger partial charge in [0.25, 0.3) is 0 Å². The van der Waals surface area contributed by atoms with Crippen LogP contribution in [0.1, 0.15) is 18.7 Å². The van der Waals surface area contributed by atoms with Gasteiger partial charge in [-0.1, -0.05) is 22.0 Å². The Morgan fingerprint density at radius 3 is 2.79 bits per heavy atom. The summed E-state index contributed by atoms with van der Waals surface area (Å²) < 4.78 is 16.2. The summed E-state index contributed by atoms with van der Waals surface area (Å²) in [5.74, 6) is 0. The summed E-state index contributed by atoms with van der Waals surface area (Å²) in [5, 5.41) is 0.977. The molecule has 1 nitrogen and oxygen atoms in total. The highest BCUT2D eigenvalue weighted by molar-refractivity contribution is 9.10. The SMILES string of the molecule is CC(F)c1cn(C)c2cccc(Br)c12. The Morgan fingerprint density at radius 2 is 2.14 bits per heavy atom. The van der Waals surface area contributed by atoms with E-state index in [1.165, 1.54) is 0 Å². The van der Waals surface area contributed by atoms with Crippen molar-refractivity contribution >= 4 is 26.8 Å². The van der Waals surface area contributed by atoms with E-state index in [4.69, 9.17) is 0 Å². The quantitative estimate of drug-likeness (QED) is 0.727. The molecule has 0 aliphatic rings. The lowest BCUT2D eigenvalue weighted by atomic mass is 10.1. The van der Waals surface area contributed by atoms with E-state index in [2.05, 4.69) is 15.9 Å². The Labute approximate surface area is 90.7 Å². The fraction of sp³-hybridized carbons (Fsp3) is 0.273. The second kappa shape index (κ2) is 3.39. The molecular weight excluding hydrogens is 245 g/mol. The van der Waals surface area contributed by atoms with Crippen LogP contribution in [-0.4, -0.2) is 4.57 Å². The maximum Gasteiger partial charge on any atom is 0.124 e. The van der Waals surface area contributed by atoms with Crippen LogP contribution >= 0.6 is 15.9 Å². The monoisotopic (exact) mass is 255 g/mol. The molecule has 1 unspecified atom stereocenters. The molecule has 74 valence electrons. The van der Waals surface area contributed by atoms with E-state index < -0.39 is 6.17 Å². The topological polar surface area (TPSA) is 4.93 Å². The van der Waals surface area contributed by atoms with Crippen molar-refractivity contribution < 1.29 is 4.39 Å². The summed E-state index contributed by atoms with van der Waals surface area (Å²) >= 11 is 3.45. The van der Waals surface area contributed by atoms with Crippen molar-refractivity contribution in [1.29, 1.82) is 0 Å². The minimum atomic E-state index is -0.933. The van der Waals surface area contributed by atoms with Crippen molar-refractivity contribution in [2.75, 3.05) is 0 Å². The van der Waals surface area contributed by atoms with Gasteiger partial charge >= 0.3 is 0 Å². The van der Waals surface area contributed by atoms with Gasteiger partial charge in [0.2, 0.25) is 0 Å². The normalized spacial score (nSPS) is 13.4. The molecule has 0 fully saturated rings. The number of benzene rings is 1. The largest absolute Gasteiger partial charge is 0.350 e. The molecule has 3 heteroatoms. The lowest BCUT2D eigenvalue weighted by molar-refractivity contribution is 0.376. The molecule has 0 amide bonds. The lowest BCUT2D eigenvalue weighted by Gasteiger charge is -2.00. The average molecular weight is 256 g/mol. The summed E-state index contributed by atoms with van der Waals surface area (Å²) in [7, 11) is 1.93. The molecule has 2 rings (SSSR count). The molecule has 0 aliphatic heterocycles. The number of halogens is 2. The van der Waals surface area contributed by atoms with Crippen molar-refractivity contribution in [2.45, 2.75) is 13.1 Å². The van der Waals surface area contributed by atoms with Gasteiger partial charge in [0.1, 0.15) is 6.17 Å². The molecule has 1 aromatic carbocycles. The molecule has 1 heterocycles. The van der Waals surface area contributed by atoms with Crippen LogP contribution in [0.5, 0.6) is 0 Å². The van der Waals surface area contributed by atoms with Crippen LogP contribution in [0.4, 0.5) is 4.39 Å². The van der Waals surface area contributed by atoms with Crippen LogP contribution in [0.25, 0.3) is 10.9 Å². The van der Waals surface area contributed by atoms with Crippen LogP contribution in [0, 0.1) is 0 Å². The van der Waals surface area contributed by atoms with E-state index in [9.17, 15) is 4.39 Å². The summed E-state index contributed by atoms with van der Waals surface area (Å²) in [6.45, 7) is 1.56. The minimum absolute atomic E-state index is 0.745. The number of aromatic nitrogens is 1. The van der Waals surface area contributed by atoms with Gasteiger partial charge in [-0.25, -0.2) is 4.39 Å². The van der Waals surface area contributed by atoms with Gasteiger partial charge in [-0.3, -0.25) is 0 Å². The van der Waals surface area contributed by atoms with Gasteiger partial charge < -0.3 is 4.57 Å². The second-order valence-electron chi connectivity index (χ2n) is 3.45. The number of rotatable bonds is 1. The summed E-state index contributed by atoms with van der Waals surface area (Å²) in [5.41, 5.74) is 1.80. The van der Waals surface area contributed by atoms with Gasteiger partial charge in [-0.2, -0.15) is 0 Å². The Morgan fingerprint density at radius 1 is 1.43 bits per heavy atom. The molecule has 0 radical (unpaired) electrons. The molecule has 2 aromatic rings. The highest BCUT2D eigenvalue weighted by atomic mass is 79.9. The zero-order chi connectivity index (χ0) is 10.3. The van der Waals surface area contributed by atoms with Crippen molar-refractivity contribution in [3.8, 4) is 0 Å². The number of aryl methyl sites for hydroxylation is 1. The maximum absolute atomic E-state index is 13.3. The van der Waals surface area contributed by atoms with Gasteiger partial charge in [0.05, 0.1) is 0 Å². The Balaban J connectivity index is 2.86. The molecule has 0 aliphatic carbocycles. The first-order valence-electron chi connectivity index (χ1n) is 4.48. The smallest absolute Gasteiger partial charge is 0.124 e. The van der Waals surface area contributed by atoms with E-state index >= 15 is 0 Å². The van der Waals surface area contributed by atoms with Gasteiger partial charge in [-0.05, 0) is 19.1 Å². The first-order valence-corrected chi connectivity index (χ1v) is 5.28. The molecular formula is C11H11BrFN. The maximum atomic E-state index is 13.3. The molecule has 0 saturated heterocycles. The summed E-state index contributed by atoms with van der Waals surface area (Å²) in [6, 6.07) is 5.89. The molecule has 0 saturated carbocycles. The van der Waals surface area contributed by atoms with E-state index in [-0.39, 0.29) is 0 Å². The molecule has 0 N–H and O–H groups in total. The predicted octanol–water partition coefficient (Wildman–Crippen LogP) is 3.97. The van der Waals surface area contributed by atoms with E-state index in [1.54, 1.807) is 6.92 Å². The molecule has 14 heavy (non-hydrogen) atoms. The minimum Gasteiger partial charge on any atom is -0.350 e. The second-order valence-corrected chi connectivity index (χ2v) is 4.30. The van der Waals surface area contributed by atoms with Crippen molar-refractivity contribution in [3.05, 3.63) is 34.4 Å². The standard InChI is InChI=1S/C11H11BrFN/c1-7(13)8-6-14(2)10-5-3-4-9(12)11(8)10/h3-7H,1-2H3. The van der Waals surface area contributed by atoms with E-state index in [0.717, 1.165) is 20.9 Å². The lowest BCUT2D eigenvalue weighted by Crippen LogP contribution is -1.83. The summed E-state index contributed by atoms with van der Waals surface area (Å²) in [4.78, 5) is 0. The van der Waals surface area contributed by atoms with Crippen LogP contribution in [0.3, 0.4) is 0 Å². The van der Waals surface area contributed by atoms with Crippen molar-refractivity contribution in [2.24, 2.45) is 7.05 Å². The zero-order valence-corrected chi connectivity index (χ0v) is 9.68. The Bertz CT molecular complexity index is 473. The number of hydrogen-bond donors (Lipinski definition) is 0. The number of fused-ring (bicyclic) bond motifs is 1. The molecule has 0 spiro atoms. The van der Waals surface area contributed by atoms with Gasteiger partial charge in [0.15, 0.2) is 0 Å². The third-order valence-electron chi connectivity index (χ3n) is 2.42. The number of hydrogen-bond acceptors (Lipinski definition) is 0. The Hall–Kier alpha value is -0.830. The molecule has 1 aromatic heterocycles. The number of alkyl halides is 1. The predicted molar refractivity (Wildman–Crippen MR) is 60.1 cm³/mol. The molecule has 1 atom stereocenters. The Kier molecular flexibility index (Phi) is 2.35.